The molecule has 0 unspecified atom stereocenters. The lowest BCUT2D eigenvalue weighted by Gasteiger charge is -2.18. The first-order valence-electron chi connectivity index (χ1n) is 8.58. The number of benzene rings is 2. The van der Waals surface area contributed by atoms with Gasteiger partial charge in [-0.05, 0) is 48.9 Å². The molecule has 0 bridgehead atoms. The van der Waals surface area contributed by atoms with E-state index < -0.39 is 0 Å². The SMILES string of the molecule is COCCCNC(=O)c1cc(NC(=O)c2ccc(Br)cc2)ccc1N(C)C. The highest BCUT2D eigenvalue weighted by molar-refractivity contribution is 9.10. The topological polar surface area (TPSA) is 70.7 Å². The van der Waals surface area contributed by atoms with E-state index in [-0.39, 0.29) is 11.8 Å². The summed E-state index contributed by atoms with van der Waals surface area (Å²) >= 11 is 3.35. The van der Waals surface area contributed by atoms with E-state index in [4.69, 9.17) is 4.74 Å². The molecule has 2 aromatic carbocycles. The molecule has 2 N–H and O–H groups in total. The van der Waals surface area contributed by atoms with E-state index in [1.54, 1.807) is 31.4 Å². The van der Waals surface area contributed by atoms with E-state index >= 15 is 0 Å². The summed E-state index contributed by atoms with van der Waals surface area (Å²) in [5.41, 5.74) is 2.39. The minimum Gasteiger partial charge on any atom is -0.385 e. The molecule has 2 amide bonds. The van der Waals surface area contributed by atoms with Crippen molar-refractivity contribution in [2.75, 3.05) is 44.6 Å². The van der Waals surface area contributed by atoms with E-state index in [0.29, 0.717) is 30.0 Å². The van der Waals surface area contributed by atoms with Gasteiger partial charge in [0, 0.05) is 55.8 Å². The number of ether oxygens (including phenoxy) is 1. The van der Waals surface area contributed by atoms with E-state index in [2.05, 4.69) is 26.6 Å². The number of nitrogens with one attached hydrogen (secondary N) is 2. The number of methoxy groups -OCH3 is 1. The molecule has 7 heteroatoms. The Hall–Kier alpha value is -2.38. The molecule has 0 aliphatic rings. The van der Waals surface area contributed by atoms with Gasteiger partial charge in [0.05, 0.1) is 5.56 Å². The van der Waals surface area contributed by atoms with Gasteiger partial charge in [-0.25, -0.2) is 0 Å². The van der Waals surface area contributed by atoms with Gasteiger partial charge in [0.25, 0.3) is 11.8 Å². The molecule has 0 saturated carbocycles. The van der Waals surface area contributed by atoms with Crippen LogP contribution in [-0.4, -0.2) is 46.2 Å². The van der Waals surface area contributed by atoms with E-state index in [1.165, 1.54) is 0 Å². The van der Waals surface area contributed by atoms with Crippen LogP contribution >= 0.6 is 15.9 Å². The molecule has 2 rings (SSSR count). The van der Waals surface area contributed by atoms with Crippen LogP contribution < -0.4 is 15.5 Å². The zero-order chi connectivity index (χ0) is 19.8. The van der Waals surface area contributed by atoms with Crippen molar-refractivity contribution in [2.45, 2.75) is 6.42 Å². The van der Waals surface area contributed by atoms with E-state index in [9.17, 15) is 9.59 Å². The number of nitrogens with zero attached hydrogens (tertiary/aromatic N) is 1. The van der Waals surface area contributed by atoms with Crippen molar-refractivity contribution >= 4 is 39.1 Å². The van der Waals surface area contributed by atoms with Crippen LogP contribution in [0.15, 0.2) is 46.9 Å². The van der Waals surface area contributed by atoms with Crippen LogP contribution in [0.2, 0.25) is 0 Å². The Morgan fingerprint density at radius 1 is 1.07 bits per heavy atom. The third kappa shape index (κ3) is 6.08. The third-order valence-electron chi connectivity index (χ3n) is 3.90. The van der Waals surface area contributed by atoms with Gasteiger partial charge >= 0.3 is 0 Å². The maximum atomic E-state index is 12.6. The molecule has 27 heavy (non-hydrogen) atoms. The maximum absolute atomic E-state index is 12.6. The predicted octanol–water partition coefficient (Wildman–Crippen LogP) is 3.53. The highest BCUT2D eigenvalue weighted by Crippen LogP contribution is 2.23. The van der Waals surface area contributed by atoms with Crippen molar-refractivity contribution in [3.8, 4) is 0 Å². The lowest BCUT2D eigenvalue weighted by molar-refractivity contribution is 0.0947. The van der Waals surface area contributed by atoms with Crippen LogP contribution in [0.25, 0.3) is 0 Å². The number of anilines is 2. The molecule has 0 heterocycles. The molecular formula is C20H24BrN3O3. The normalized spacial score (nSPS) is 10.4. The third-order valence-corrected chi connectivity index (χ3v) is 4.43. The molecule has 0 aliphatic heterocycles. The van der Waals surface area contributed by atoms with Crippen LogP contribution in [0.1, 0.15) is 27.1 Å². The number of carbonyl (C=O) groups is 2. The molecule has 0 aromatic heterocycles. The summed E-state index contributed by atoms with van der Waals surface area (Å²) in [6, 6.07) is 12.4. The van der Waals surface area contributed by atoms with Crippen molar-refractivity contribution in [1.82, 2.24) is 5.32 Å². The highest BCUT2D eigenvalue weighted by atomic mass is 79.9. The molecule has 0 aliphatic carbocycles. The molecule has 0 saturated heterocycles. The molecule has 2 aromatic rings. The van der Waals surface area contributed by atoms with E-state index in [0.717, 1.165) is 16.6 Å². The van der Waals surface area contributed by atoms with Gasteiger partial charge in [0.15, 0.2) is 0 Å². The quantitative estimate of drug-likeness (QED) is 0.624. The summed E-state index contributed by atoms with van der Waals surface area (Å²) in [6.07, 6.45) is 0.736. The lowest BCUT2D eigenvalue weighted by Crippen LogP contribution is -2.27. The van der Waals surface area contributed by atoms with Crippen molar-refractivity contribution in [2.24, 2.45) is 0 Å². The Balaban J connectivity index is 2.16. The van der Waals surface area contributed by atoms with Crippen LogP contribution in [0, 0.1) is 0 Å². The van der Waals surface area contributed by atoms with E-state index in [1.807, 2.05) is 37.2 Å². The number of hydrogen-bond acceptors (Lipinski definition) is 4. The van der Waals surface area contributed by atoms with Crippen molar-refractivity contribution in [3.05, 3.63) is 58.1 Å². The minimum atomic E-state index is -0.230. The smallest absolute Gasteiger partial charge is 0.255 e. The Kier molecular flexibility index (Phi) is 7.82. The Morgan fingerprint density at radius 3 is 2.41 bits per heavy atom. The maximum Gasteiger partial charge on any atom is 0.255 e. The van der Waals surface area contributed by atoms with Gasteiger partial charge in [-0.3, -0.25) is 9.59 Å². The molecule has 6 nitrogen and oxygen atoms in total. The zero-order valence-corrected chi connectivity index (χ0v) is 17.3. The monoisotopic (exact) mass is 433 g/mol. The van der Waals surface area contributed by atoms with Crippen LogP contribution in [-0.2, 0) is 4.74 Å². The number of amides is 2. The van der Waals surface area contributed by atoms with Gasteiger partial charge in [-0.1, -0.05) is 15.9 Å². The Bertz CT molecular complexity index is 792. The van der Waals surface area contributed by atoms with Gasteiger partial charge in [-0.15, -0.1) is 0 Å². The first-order valence-corrected chi connectivity index (χ1v) is 9.37. The number of halogens is 1. The summed E-state index contributed by atoms with van der Waals surface area (Å²) in [5, 5.41) is 5.73. The van der Waals surface area contributed by atoms with Gasteiger partial charge < -0.3 is 20.3 Å². The highest BCUT2D eigenvalue weighted by Gasteiger charge is 2.15. The van der Waals surface area contributed by atoms with Crippen molar-refractivity contribution in [3.63, 3.8) is 0 Å². The Labute approximate surface area is 168 Å². The summed E-state index contributed by atoms with van der Waals surface area (Å²) in [4.78, 5) is 26.9. The molecule has 144 valence electrons. The van der Waals surface area contributed by atoms with Gasteiger partial charge in [-0.2, -0.15) is 0 Å². The summed E-state index contributed by atoms with van der Waals surface area (Å²) in [7, 11) is 5.37. The predicted molar refractivity (Wildman–Crippen MR) is 112 cm³/mol. The van der Waals surface area contributed by atoms with Crippen molar-refractivity contribution < 1.29 is 14.3 Å². The standard InChI is InChI=1S/C20H24BrN3O3/c1-24(2)18-10-9-16(13-17(18)20(26)22-11-4-12-27-3)23-19(25)14-5-7-15(21)8-6-14/h5-10,13H,4,11-12H2,1-3H3,(H,22,26)(H,23,25). The minimum absolute atomic E-state index is 0.186. The van der Waals surface area contributed by atoms with Crippen molar-refractivity contribution in [1.29, 1.82) is 0 Å². The van der Waals surface area contributed by atoms with Crippen LogP contribution in [0.5, 0.6) is 0 Å². The van der Waals surface area contributed by atoms with Gasteiger partial charge in [0.2, 0.25) is 0 Å². The average Bonchev–Trinajstić information content (AvgIpc) is 2.65. The zero-order valence-electron chi connectivity index (χ0n) is 15.7. The number of carbonyl (C=O) groups excluding carboxylic acids is 2. The fourth-order valence-corrected chi connectivity index (χ4v) is 2.77. The first-order chi connectivity index (χ1) is 12.9. The number of rotatable bonds is 8. The molecular weight excluding hydrogens is 410 g/mol. The fourth-order valence-electron chi connectivity index (χ4n) is 2.50. The summed E-state index contributed by atoms with van der Waals surface area (Å²) in [6.45, 7) is 1.11. The van der Waals surface area contributed by atoms with Gasteiger partial charge in [0.1, 0.15) is 0 Å². The molecule has 0 fully saturated rings. The second-order valence-corrected chi connectivity index (χ2v) is 7.11. The van der Waals surface area contributed by atoms with Crippen LogP contribution in [0.4, 0.5) is 11.4 Å². The fraction of sp³-hybridized carbons (Fsp3) is 0.300. The molecule has 0 atom stereocenters. The summed E-state index contributed by atoms with van der Waals surface area (Å²) < 4.78 is 5.90. The second-order valence-electron chi connectivity index (χ2n) is 6.19. The largest absolute Gasteiger partial charge is 0.385 e. The average molecular weight is 434 g/mol. The first kappa shape index (κ1) is 20.9. The molecule has 0 spiro atoms. The number of hydrogen-bond donors (Lipinski definition) is 2. The Morgan fingerprint density at radius 2 is 1.78 bits per heavy atom. The second kappa shape index (κ2) is 10.1. The summed E-state index contributed by atoms with van der Waals surface area (Å²) in [5.74, 6) is -0.416. The lowest BCUT2D eigenvalue weighted by atomic mass is 10.1. The van der Waals surface area contributed by atoms with Crippen LogP contribution in [0.3, 0.4) is 0 Å². The molecule has 0 radical (unpaired) electrons.